The van der Waals surface area contributed by atoms with Crippen LogP contribution in [-0.4, -0.2) is 81.5 Å². The Morgan fingerprint density at radius 2 is 1.15 bits per heavy atom. The van der Waals surface area contributed by atoms with E-state index in [9.17, 15) is 40.7 Å². The molecule has 0 unspecified atom stereocenters. The van der Waals surface area contributed by atoms with Crippen LogP contribution in [0.3, 0.4) is 0 Å². The highest BCUT2D eigenvalue weighted by Crippen LogP contribution is 2.40. The molecule has 0 atom stereocenters. The van der Waals surface area contributed by atoms with E-state index >= 15 is 0 Å². The second-order valence-electron chi connectivity index (χ2n) is 15.0. The summed E-state index contributed by atoms with van der Waals surface area (Å²) in [6, 6.07) is 11.7. The maximum atomic E-state index is 12.4. The molecule has 2 aromatic heterocycles. The Morgan fingerprint density at radius 3 is 1.58 bits per heavy atom. The molecular formula is C39H43ClF6N10O6. The Hall–Kier alpha value is -6.32. The molecule has 2 aliphatic rings. The topological polar surface area (TPSA) is 194 Å². The van der Waals surface area contributed by atoms with Crippen LogP contribution in [0.15, 0.2) is 60.7 Å². The molecule has 6 rings (SSSR count). The summed E-state index contributed by atoms with van der Waals surface area (Å²) in [5.74, 6) is 0.534. The van der Waals surface area contributed by atoms with E-state index < -0.39 is 42.2 Å². The van der Waals surface area contributed by atoms with E-state index in [2.05, 4.69) is 56.0 Å². The Morgan fingerprint density at radius 1 is 0.694 bits per heavy atom. The van der Waals surface area contributed by atoms with Gasteiger partial charge in [-0.25, -0.2) is 29.3 Å². The Balaban J connectivity index is 0.000000252. The van der Waals surface area contributed by atoms with Crippen LogP contribution in [-0.2, 0) is 4.74 Å². The molecule has 0 bridgehead atoms. The maximum absolute atomic E-state index is 12.4. The van der Waals surface area contributed by atoms with E-state index in [0.29, 0.717) is 37.2 Å². The third-order valence-electron chi connectivity index (χ3n) is 8.28. The van der Waals surface area contributed by atoms with Crippen molar-refractivity contribution in [2.24, 2.45) is 0 Å². The van der Waals surface area contributed by atoms with E-state index in [1.165, 1.54) is 29.2 Å². The van der Waals surface area contributed by atoms with Gasteiger partial charge in [0.25, 0.3) is 0 Å². The number of alkyl halides is 6. The fourth-order valence-corrected chi connectivity index (χ4v) is 5.44. The zero-order chi connectivity index (χ0) is 45.2. The molecule has 16 nitrogen and oxygen atoms in total. The minimum absolute atomic E-state index is 0.0592. The van der Waals surface area contributed by atoms with Crippen LogP contribution in [0.4, 0.5) is 69.8 Å². The maximum Gasteiger partial charge on any atom is 0.573 e. The Labute approximate surface area is 356 Å². The van der Waals surface area contributed by atoms with E-state index in [1.807, 2.05) is 26.8 Å². The highest BCUT2D eigenvalue weighted by molar-refractivity contribution is 6.29. The summed E-state index contributed by atoms with van der Waals surface area (Å²) in [6.45, 7) is 6.42. The molecule has 0 spiro atoms. The molecule has 5 N–H and O–H groups in total. The van der Waals surface area contributed by atoms with Gasteiger partial charge in [0.05, 0.1) is 11.4 Å². The third-order valence-corrected chi connectivity index (χ3v) is 8.47. The summed E-state index contributed by atoms with van der Waals surface area (Å²) in [5, 5.41) is 13.4. The van der Waals surface area contributed by atoms with Crippen molar-refractivity contribution in [3.8, 4) is 11.5 Å². The quantitative estimate of drug-likeness (QED) is 0.0487. The van der Waals surface area contributed by atoms with Crippen LogP contribution in [0.5, 0.6) is 11.5 Å². The van der Waals surface area contributed by atoms with Crippen LogP contribution in [0.2, 0.25) is 5.15 Å². The molecule has 62 heavy (non-hydrogen) atoms. The van der Waals surface area contributed by atoms with Crippen molar-refractivity contribution in [2.45, 2.75) is 83.0 Å². The lowest BCUT2D eigenvalue weighted by atomic mass is 10.2. The van der Waals surface area contributed by atoms with Gasteiger partial charge >= 0.3 is 30.9 Å². The SMILES string of the molecule is CN(CCCNc1cc(C2CC2)nc(NC(=O)Nc2ccc(OC(F)(F)F)cc2)n1)C(=O)OC(C)(C)C.O=C(Nc1ccc(OC(F)(F)F)cc1)Nc1nc(Cl)cc(C2CC2)n1. The average Bonchev–Trinajstić information content (AvgIpc) is 4.07. The van der Waals surface area contributed by atoms with Crippen LogP contribution >= 0.6 is 11.6 Å². The first-order valence-electron chi connectivity index (χ1n) is 19.0. The first-order valence-corrected chi connectivity index (χ1v) is 19.4. The molecule has 2 aromatic carbocycles. The van der Waals surface area contributed by atoms with E-state index in [4.69, 9.17) is 16.3 Å². The van der Waals surface area contributed by atoms with Crippen molar-refractivity contribution in [1.82, 2.24) is 24.8 Å². The first kappa shape index (κ1) is 46.7. The molecule has 0 radical (unpaired) electrons. The normalized spacial score (nSPS) is 13.7. The number of nitrogens with one attached hydrogen (secondary N) is 5. The predicted octanol–water partition coefficient (Wildman–Crippen LogP) is 10.1. The molecule has 0 saturated heterocycles. The van der Waals surface area contributed by atoms with Gasteiger partial charge in [0.1, 0.15) is 28.1 Å². The number of urea groups is 2. The van der Waals surface area contributed by atoms with Gasteiger partial charge in [-0.15, -0.1) is 26.3 Å². The zero-order valence-electron chi connectivity index (χ0n) is 33.7. The van der Waals surface area contributed by atoms with E-state index in [0.717, 1.165) is 61.3 Å². The Kier molecular flexibility index (Phi) is 15.1. The monoisotopic (exact) mass is 896 g/mol. The second-order valence-corrected chi connectivity index (χ2v) is 15.4. The van der Waals surface area contributed by atoms with Gasteiger partial charge in [0.15, 0.2) is 0 Å². The number of nitrogens with zero attached hydrogens (tertiary/aromatic N) is 5. The van der Waals surface area contributed by atoms with Gasteiger partial charge in [-0.05, 0) is 107 Å². The van der Waals surface area contributed by atoms with Crippen molar-refractivity contribution in [3.05, 3.63) is 77.2 Å². The van der Waals surface area contributed by atoms with Gasteiger partial charge in [0, 0.05) is 49.4 Å². The molecular weight excluding hydrogens is 854 g/mol. The molecule has 2 saturated carbocycles. The predicted molar refractivity (Wildman–Crippen MR) is 217 cm³/mol. The number of hydrogen-bond acceptors (Lipinski definition) is 11. The number of anilines is 5. The molecule has 2 fully saturated rings. The number of benzene rings is 2. The van der Waals surface area contributed by atoms with Crippen molar-refractivity contribution >= 4 is 58.8 Å². The summed E-state index contributed by atoms with van der Waals surface area (Å²) in [4.78, 5) is 54.8. The number of amides is 5. The molecule has 4 aromatic rings. The van der Waals surface area contributed by atoms with Crippen LogP contribution < -0.4 is 36.1 Å². The fourth-order valence-electron chi connectivity index (χ4n) is 5.25. The highest BCUT2D eigenvalue weighted by atomic mass is 35.5. The number of halogens is 7. The molecule has 5 amide bonds. The smallest absolute Gasteiger partial charge is 0.444 e. The number of carbonyl (C=O) groups excluding carboxylic acids is 3. The molecule has 2 heterocycles. The van der Waals surface area contributed by atoms with Gasteiger partial charge < -0.3 is 35.1 Å². The van der Waals surface area contributed by atoms with Crippen molar-refractivity contribution < 1.29 is 54.9 Å². The summed E-state index contributed by atoms with van der Waals surface area (Å²) >= 11 is 5.91. The average molecular weight is 897 g/mol. The standard InChI is InChI=1S/C24H31F3N6O4.C15H12ClF3N4O2/c1-23(2,3)37-22(35)33(4)13-5-12-28-19-14-18(15-6-7-15)30-20(31-19)32-21(34)29-16-8-10-17(11-9-16)36-24(25,26)27;16-12-7-11(8-1-2-8)21-13(22-12)23-14(24)20-9-3-5-10(6-4-9)25-15(17,18)19/h8-11,14-15H,5-7,12-13H2,1-4H3,(H3,28,29,30,31,32,34);3-8H,1-2H2,(H2,20,21,22,23,24). The minimum Gasteiger partial charge on any atom is -0.444 e. The molecule has 334 valence electrons. The lowest BCUT2D eigenvalue weighted by Crippen LogP contribution is -2.35. The molecule has 2 aliphatic carbocycles. The highest BCUT2D eigenvalue weighted by Gasteiger charge is 2.32. The van der Waals surface area contributed by atoms with E-state index in [-0.39, 0.29) is 34.2 Å². The number of aromatic nitrogens is 4. The summed E-state index contributed by atoms with van der Waals surface area (Å²) < 4.78 is 86.1. The summed E-state index contributed by atoms with van der Waals surface area (Å²) in [5.41, 5.74) is 1.54. The van der Waals surface area contributed by atoms with Crippen molar-refractivity contribution in [2.75, 3.05) is 46.7 Å². The summed E-state index contributed by atoms with van der Waals surface area (Å²) in [7, 11) is 1.67. The number of carbonyl (C=O) groups is 3. The summed E-state index contributed by atoms with van der Waals surface area (Å²) in [6.07, 6.45) is -5.30. The van der Waals surface area contributed by atoms with Crippen LogP contribution in [0.25, 0.3) is 0 Å². The van der Waals surface area contributed by atoms with Crippen molar-refractivity contribution in [1.29, 1.82) is 0 Å². The minimum atomic E-state index is -4.80. The third kappa shape index (κ3) is 17.0. The van der Waals surface area contributed by atoms with Crippen LogP contribution in [0.1, 0.15) is 76.1 Å². The lowest BCUT2D eigenvalue weighted by molar-refractivity contribution is -0.275. The van der Waals surface area contributed by atoms with Crippen LogP contribution in [0, 0.1) is 0 Å². The second kappa shape index (κ2) is 20.0. The first-order chi connectivity index (χ1) is 29.1. The zero-order valence-corrected chi connectivity index (χ0v) is 34.5. The number of hydrogen-bond donors (Lipinski definition) is 5. The number of rotatable bonds is 13. The fraction of sp³-hybridized carbons (Fsp3) is 0.410. The van der Waals surface area contributed by atoms with Gasteiger partial charge in [-0.2, -0.15) is 4.98 Å². The Bertz CT molecular complexity index is 2170. The number of ether oxygens (including phenoxy) is 3. The van der Waals surface area contributed by atoms with Gasteiger partial charge in [-0.3, -0.25) is 10.6 Å². The van der Waals surface area contributed by atoms with E-state index in [1.54, 1.807) is 13.1 Å². The molecule has 23 heteroatoms. The largest absolute Gasteiger partial charge is 0.573 e. The van der Waals surface area contributed by atoms with Gasteiger partial charge in [-0.1, -0.05) is 11.6 Å². The van der Waals surface area contributed by atoms with Crippen molar-refractivity contribution in [3.63, 3.8) is 0 Å². The van der Waals surface area contributed by atoms with Gasteiger partial charge in [0.2, 0.25) is 11.9 Å². The lowest BCUT2D eigenvalue weighted by Gasteiger charge is -2.24. The molecule has 0 aliphatic heterocycles.